The van der Waals surface area contributed by atoms with Crippen molar-refractivity contribution in [2.24, 2.45) is 5.92 Å². The van der Waals surface area contributed by atoms with Gasteiger partial charge in [0.25, 0.3) is 5.91 Å². The van der Waals surface area contributed by atoms with Crippen molar-refractivity contribution in [1.82, 2.24) is 4.90 Å². The van der Waals surface area contributed by atoms with Crippen molar-refractivity contribution in [2.45, 2.75) is 32.1 Å². The van der Waals surface area contributed by atoms with Crippen LogP contribution >= 0.6 is 11.6 Å². The number of amides is 1. The summed E-state index contributed by atoms with van der Waals surface area (Å²) >= 11 is 5.94. The Bertz CT molecular complexity index is 435. The van der Waals surface area contributed by atoms with Crippen molar-refractivity contribution in [3.63, 3.8) is 0 Å². The normalized spacial score (nSPS) is 16.3. The highest BCUT2D eigenvalue weighted by Gasteiger charge is 2.19. The van der Waals surface area contributed by atoms with Crippen LogP contribution in [0.15, 0.2) is 18.2 Å². The summed E-state index contributed by atoms with van der Waals surface area (Å²) in [6, 6.07) is 5.02. The van der Waals surface area contributed by atoms with Crippen LogP contribution in [-0.2, 0) is 0 Å². The lowest BCUT2D eigenvalue weighted by Gasteiger charge is -2.27. The number of halogens is 1. The Balaban J connectivity index is 2.01. The summed E-state index contributed by atoms with van der Waals surface area (Å²) in [4.78, 5) is 14.1. The molecule has 0 bridgehead atoms. The van der Waals surface area contributed by atoms with E-state index in [1.165, 1.54) is 32.1 Å². The van der Waals surface area contributed by atoms with E-state index in [0.29, 0.717) is 22.2 Å². The highest BCUT2D eigenvalue weighted by molar-refractivity contribution is 6.31. The summed E-state index contributed by atoms with van der Waals surface area (Å²) in [5, 5.41) is 0.509. The SMILES string of the molecule is CN(CC1CCCCC1)C(=O)c1cc(N)cc(Cl)c1. The summed E-state index contributed by atoms with van der Waals surface area (Å²) in [5.41, 5.74) is 6.83. The van der Waals surface area contributed by atoms with Gasteiger partial charge in [0.05, 0.1) is 0 Å². The van der Waals surface area contributed by atoms with Gasteiger partial charge in [-0.3, -0.25) is 4.79 Å². The van der Waals surface area contributed by atoms with Crippen LogP contribution in [0.2, 0.25) is 5.02 Å². The van der Waals surface area contributed by atoms with Crippen LogP contribution in [0.5, 0.6) is 0 Å². The molecule has 2 rings (SSSR count). The molecule has 1 aromatic rings. The topological polar surface area (TPSA) is 46.3 Å². The van der Waals surface area contributed by atoms with Gasteiger partial charge in [-0.1, -0.05) is 30.9 Å². The van der Waals surface area contributed by atoms with Gasteiger partial charge in [0, 0.05) is 29.9 Å². The second-order valence-corrected chi connectivity index (χ2v) is 5.90. The molecule has 0 aromatic heterocycles. The fourth-order valence-electron chi connectivity index (χ4n) is 2.80. The minimum absolute atomic E-state index is 0.000210. The predicted octanol–water partition coefficient (Wildman–Crippen LogP) is 3.57. The van der Waals surface area contributed by atoms with Gasteiger partial charge in [-0.05, 0) is 37.0 Å². The number of rotatable bonds is 3. The van der Waals surface area contributed by atoms with E-state index in [2.05, 4.69) is 0 Å². The molecule has 1 aromatic carbocycles. The zero-order chi connectivity index (χ0) is 13.8. The number of hydrogen-bond acceptors (Lipinski definition) is 2. The van der Waals surface area contributed by atoms with E-state index >= 15 is 0 Å². The smallest absolute Gasteiger partial charge is 0.253 e. The molecular formula is C15H21ClN2O. The summed E-state index contributed by atoms with van der Waals surface area (Å²) < 4.78 is 0. The predicted molar refractivity (Wildman–Crippen MR) is 79.4 cm³/mol. The van der Waals surface area contributed by atoms with E-state index in [0.717, 1.165) is 6.54 Å². The zero-order valence-electron chi connectivity index (χ0n) is 11.4. The van der Waals surface area contributed by atoms with Crippen LogP contribution in [0.25, 0.3) is 0 Å². The lowest BCUT2D eigenvalue weighted by molar-refractivity contribution is 0.0760. The first kappa shape index (κ1) is 14.2. The summed E-state index contributed by atoms with van der Waals surface area (Å²) in [6.07, 6.45) is 6.37. The molecule has 1 aliphatic carbocycles. The molecule has 0 atom stereocenters. The Labute approximate surface area is 119 Å². The maximum absolute atomic E-state index is 12.3. The zero-order valence-corrected chi connectivity index (χ0v) is 12.1. The monoisotopic (exact) mass is 280 g/mol. The first-order chi connectivity index (χ1) is 9.06. The van der Waals surface area contributed by atoms with Gasteiger partial charge in [0.15, 0.2) is 0 Å². The van der Waals surface area contributed by atoms with E-state index in [9.17, 15) is 4.79 Å². The molecule has 1 aliphatic rings. The van der Waals surface area contributed by atoms with E-state index in [1.807, 2.05) is 7.05 Å². The Morgan fingerprint density at radius 1 is 1.32 bits per heavy atom. The van der Waals surface area contributed by atoms with Gasteiger partial charge in [0.1, 0.15) is 0 Å². The number of nitrogen functional groups attached to an aromatic ring is 1. The third-order valence-corrected chi connectivity index (χ3v) is 3.99. The maximum Gasteiger partial charge on any atom is 0.253 e. The second kappa shape index (κ2) is 6.29. The maximum atomic E-state index is 12.3. The lowest BCUT2D eigenvalue weighted by atomic mass is 9.89. The largest absolute Gasteiger partial charge is 0.399 e. The summed E-state index contributed by atoms with van der Waals surface area (Å²) in [7, 11) is 1.86. The van der Waals surface area contributed by atoms with Crippen LogP contribution < -0.4 is 5.73 Å². The first-order valence-corrected chi connectivity index (χ1v) is 7.25. The number of nitrogens with zero attached hydrogens (tertiary/aromatic N) is 1. The van der Waals surface area contributed by atoms with Crippen molar-refractivity contribution in [3.05, 3.63) is 28.8 Å². The van der Waals surface area contributed by atoms with Crippen molar-refractivity contribution in [1.29, 1.82) is 0 Å². The molecule has 0 saturated heterocycles. The number of hydrogen-bond donors (Lipinski definition) is 1. The minimum Gasteiger partial charge on any atom is -0.399 e. The third kappa shape index (κ3) is 3.87. The van der Waals surface area contributed by atoms with E-state index in [4.69, 9.17) is 17.3 Å². The second-order valence-electron chi connectivity index (χ2n) is 5.46. The van der Waals surface area contributed by atoms with Gasteiger partial charge in [-0.25, -0.2) is 0 Å². The Hall–Kier alpha value is -1.22. The molecule has 0 radical (unpaired) electrons. The average Bonchev–Trinajstić information content (AvgIpc) is 2.37. The molecule has 104 valence electrons. The van der Waals surface area contributed by atoms with Gasteiger partial charge in [0.2, 0.25) is 0 Å². The van der Waals surface area contributed by atoms with Crippen LogP contribution in [0.4, 0.5) is 5.69 Å². The molecular weight excluding hydrogens is 260 g/mol. The molecule has 2 N–H and O–H groups in total. The molecule has 0 aliphatic heterocycles. The number of carbonyl (C=O) groups excluding carboxylic acids is 1. The fourth-order valence-corrected chi connectivity index (χ4v) is 3.04. The Morgan fingerprint density at radius 2 is 2.00 bits per heavy atom. The molecule has 1 fully saturated rings. The molecule has 1 saturated carbocycles. The number of benzene rings is 1. The fraction of sp³-hybridized carbons (Fsp3) is 0.533. The molecule has 0 heterocycles. The van der Waals surface area contributed by atoms with Crippen molar-refractivity contribution < 1.29 is 4.79 Å². The highest BCUT2D eigenvalue weighted by atomic mass is 35.5. The number of anilines is 1. The number of carbonyl (C=O) groups is 1. The lowest BCUT2D eigenvalue weighted by Crippen LogP contribution is -2.32. The van der Waals surface area contributed by atoms with E-state index in [1.54, 1.807) is 23.1 Å². The summed E-state index contributed by atoms with van der Waals surface area (Å²) in [6.45, 7) is 0.825. The summed E-state index contributed by atoms with van der Waals surface area (Å²) in [5.74, 6) is 0.638. The minimum atomic E-state index is -0.000210. The molecule has 1 amide bonds. The number of nitrogens with two attached hydrogens (primary N) is 1. The highest BCUT2D eigenvalue weighted by Crippen LogP contribution is 2.25. The Morgan fingerprint density at radius 3 is 2.63 bits per heavy atom. The average molecular weight is 281 g/mol. The van der Waals surface area contributed by atoms with Gasteiger partial charge in [-0.15, -0.1) is 0 Å². The van der Waals surface area contributed by atoms with Crippen LogP contribution in [-0.4, -0.2) is 24.4 Å². The Kier molecular flexibility index (Phi) is 4.70. The van der Waals surface area contributed by atoms with Gasteiger partial charge < -0.3 is 10.6 Å². The van der Waals surface area contributed by atoms with Crippen molar-refractivity contribution >= 4 is 23.2 Å². The van der Waals surface area contributed by atoms with Gasteiger partial charge in [-0.2, -0.15) is 0 Å². The molecule has 3 nitrogen and oxygen atoms in total. The molecule has 0 spiro atoms. The van der Waals surface area contributed by atoms with Crippen LogP contribution in [0.1, 0.15) is 42.5 Å². The van der Waals surface area contributed by atoms with E-state index < -0.39 is 0 Å². The van der Waals surface area contributed by atoms with E-state index in [-0.39, 0.29) is 5.91 Å². The quantitative estimate of drug-likeness (QED) is 0.860. The van der Waals surface area contributed by atoms with Crippen molar-refractivity contribution in [3.8, 4) is 0 Å². The molecule has 0 unspecified atom stereocenters. The molecule has 19 heavy (non-hydrogen) atoms. The molecule has 4 heteroatoms. The van der Waals surface area contributed by atoms with Crippen molar-refractivity contribution in [2.75, 3.05) is 19.3 Å². The first-order valence-electron chi connectivity index (χ1n) is 6.88. The van der Waals surface area contributed by atoms with Crippen LogP contribution in [0, 0.1) is 5.92 Å². The van der Waals surface area contributed by atoms with Gasteiger partial charge >= 0.3 is 0 Å². The third-order valence-electron chi connectivity index (χ3n) is 3.77. The van der Waals surface area contributed by atoms with Crippen LogP contribution in [0.3, 0.4) is 0 Å². The standard InChI is InChI=1S/C15H21ClN2O/c1-18(10-11-5-3-2-4-6-11)15(19)12-7-13(16)9-14(17)8-12/h7-9,11H,2-6,10,17H2,1H3.